The second kappa shape index (κ2) is 4.87. The van der Waals surface area contributed by atoms with Gasteiger partial charge in [0, 0.05) is 13.1 Å². The Kier molecular flexibility index (Phi) is 3.47. The van der Waals surface area contributed by atoms with Gasteiger partial charge in [-0.15, -0.1) is 0 Å². The fourth-order valence-electron chi connectivity index (χ4n) is 2.40. The molecule has 0 bridgehead atoms. The summed E-state index contributed by atoms with van der Waals surface area (Å²) in [4.78, 5) is 14.1. The standard InChI is InChI=1S/C12H19N3O2/c1-3-15-11(7-9(2)13-15)12(17)14-6-4-5-10(14)8-16/h7,10,16H,3-6,8H2,1-2H3/t10-/m0/s1. The Morgan fingerprint density at radius 1 is 1.65 bits per heavy atom. The lowest BCUT2D eigenvalue weighted by Crippen LogP contribution is -2.38. The number of aliphatic hydroxyl groups is 1. The van der Waals surface area contributed by atoms with Gasteiger partial charge in [0.1, 0.15) is 5.69 Å². The van der Waals surface area contributed by atoms with Crippen molar-refractivity contribution in [3.8, 4) is 0 Å². The van der Waals surface area contributed by atoms with Gasteiger partial charge in [-0.2, -0.15) is 5.10 Å². The molecule has 1 N–H and O–H groups in total. The summed E-state index contributed by atoms with van der Waals surface area (Å²) >= 11 is 0. The maximum atomic E-state index is 12.4. The Bertz CT molecular complexity index is 414. The summed E-state index contributed by atoms with van der Waals surface area (Å²) < 4.78 is 1.73. The minimum absolute atomic E-state index is 0.0102. The number of nitrogens with zero attached hydrogens (tertiary/aromatic N) is 3. The van der Waals surface area contributed by atoms with Crippen molar-refractivity contribution in [3.63, 3.8) is 0 Å². The molecule has 0 saturated carbocycles. The van der Waals surface area contributed by atoms with Crippen molar-refractivity contribution in [2.75, 3.05) is 13.2 Å². The Balaban J connectivity index is 2.24. The summed E-state index contributed by atoms with van der Waals surface area (Å²) in [6.45, 7) is 5.32. The molecule has 0 radical (unpaired) electrons. The van der Waals surface area contributed by atoms with Gasteiger partial charge in [-0.1, -0.05) is 0 Å². The number of amides is 1. The molecule has 1 saturated heterocycles. The number of carbonyl (C=O) groups is 1. The number of carbonyl (C=O) groups excluding carboxylic acids is 1. The summed E-state index contributed by atoms with van der Waals surface area (Å²) in [6, 6.07) is 1.79. The highest BCUT2D eigenvalue weighted by Crippen LogP contribution is 2.20. The van der Waals surface area contributed by atoms with E-state index in [9.17, 15) is 9.90 Å². The van der Waals surface area contributed by atoms with Crippen LogP contribution in [0.4, 0.5) is 0 Å². The SMILES string of the molecule is CCn1nc(C)cc1C(=O)N1CCC[C@H]1CO. The first-order chi connectivity index (χ1) is 8.17. The topological polar surface area (TPSA) is 58.4 Å². The number of likely N-dealkylation sites (tertiary alicyclic amines) is 1. The summed E-state index contributed by atoms with van der Waals surface area (Å²) in [7, 11) is 0. The van der Waals surface area contributed by atoms with E-state index < -0.39 is 0 Å². The van der Waals surface area contributed by atoms with Gasteiger partial charge in [0.15, 0.2) is 0 Å². The van der Waals surface area contributed by atoms with Gasteiger partial charge in [0.25, 0.3) is 5.91 Å². The fraction of sp³-hybridized carbons (Fsp3) is 0.667. The predicted molar refractivity (Wildman–Crippen MR) is 63.8 cm³/mol. The van der Waals surface area contributed by atoms with Gasteiger partial charge in [-0.25, -0.2) is 0 Å². The van der Waals surface area contributed by atoms with Crippen LogP contribution >= 0.6 is 0 Å². The van der Waals surface area contributed by atoms with Crippen LogP contribution in [0.3, 0.4) is 0 Å². The highest BCUT2D eigenvalue weighted by atomic mass is 16.3. The van der Waals surface area contributed by atoms with Crippen molar-refractivity contribution in [3.05, 3.63) is 17.5 Å². The Labute approximate surface area is 101 Å². The van der Waals surface area contributed by atoms with E-state index in [1.807, 2.05) is 19.9 Å². The normalized spacial score (nSPS) is 19.9. The van der Waals surface area contributed by atoms with E-state index in [0.717, 1.165) is 25.1 Å². The molecule has 1 aromatic rings. The molecule has 5 heteroatoms. The molecule has 1 amide bonds. The van der Waals surface area contributed by atoms with E-state index in [1.165, 1.54) is 0 Å². The first-order valence-electron chi connectivity index (χ1n) is 6.13. The van der Waals surface area contributed by atoms with Crippen molar-refractivity contribution in [1.29, 1.82) is 0 Å². The van der Waals surface area contributed by atoms with Gasteiger partial charge >= 0.3 is 0 Å². The minimum Gasteiger partial charge on any atom is -0.394 e. The molecule has 1 atom stereocenters. The van der Waals surface area contributed by atoms with Crippen molar-refractivity contribution in [1.82, 2.24) is 14.7 Å². The average Bonchev–Trinajstić information content (AvgIpc) is 2.93. The van der Waals surface area contributed by atoms with Gasteiger partial charge in [-0.05, 0) is 32.8 Å². The largest absolute Gasteiger partial charge is 0.394 e. The maximum absolute atomic E-state index is 12.4. The molecule has 0 spiro atoms. The third-order valence-electron chi connectivity index (χ3n) is 3.27. The number of aliphatic hydroxyl groups excluding tert-OH is 1. The van der Waals surface area contributed by atoms with Crippen molar-refractivity contribution >= 4 is 5.91 Å². The zero-order valence-corrected chi connectivity index (χ0v) is 10.4. The summed E-state index contributed by atoms with van der Waals surface area (Å²) in [5, 5.41) is 13.5. The first kappa shape index (κ1) is 12.1. The highest BCUT2D eigenvalue weighted by molar-refractivity contribution is 5.93. The Hall–Kier alpha value is -1.36. The molecule has 0 aliphatic carbocycles. The maximum Gasteiger partial charge on any atom is 0.272 e. The molecule has 2 rings (SSSR count). The second-order valence-electron chi connectivity index (χ2n) is 4.46. The summed E-state index contributed by atoms with van der Waals surface area (Å²) in [5.74, 6) is -0.0102. The predicted octanol–water partition coefficient (Wildman–Crippen LogP) is 0.808. The van der Waals surface area contributed by atoms with E-state index in [2.05, 4.69) is 5.10 Å². The molecule has 1 fully saturated rings. The molecular weight excluding hydrogens is 218 g/mol. The molecule has 1 aromatic heterocycles. The molecule has 5 nitrogen and oxygen atoms in total. The van der Waals surface area contributed by atoms with Gasteiger partial charge in [-0.3, -0.25) is 9.48 Å². The molecule has 0 aromatic carbocycles. The van der Waals surface area contributed by atoms with Crippen LogP contribution < -0.4 is 0 Å². The lowest BCUT2D eigenvalue weighted by molar-refractivity contribution is 0.0665. The van der Waals surface area contributed by atoms with Crippen LogP contribution in [0.5, 0.6) is 0 Å². The van der Waals surface area contributed by atoms with E-state index in [-0.39, 0.29) is 18.6 Å². The first-order valence-corrected chi connectivity index (χ1v) is 6.13. The second-order valence-corrected chi connectivity index (χ2v) is 4.46. The van der Waals surface area contributed by atoms with E-state index in [0.29, 0.717) is 12.2 Å². The molecular formula is C12H19N3O2. The van der Waals surface area contributed by atoms with Gasteiger partial charge in [0.05, 0.1) is 18.3 Å². The molecule has 0 unspecified atom stereocenters. The lowest BCUT2D eigenvalue weighted by atomic mass is 10.2. The number of aryl methyl sites for hydroxylation is 2. The Morgan fingerprint density at radius 2 is 2.41 bits per heavy atom. The summed E-state index contributed by atoms with van der Waals surface area (Å²) in [5.41, 5.74) is 1.49. The average molecular weight is 237 g/mol. The van der Waals surface area contributed by atoms with Gasteiger partial charge in [0.2, 0.25) is 0 Å². The lowest BCUT2D eigenvalue weighted by Gasteiger charge is -2.23. The molecule has 1 aliphatic rings. The zero-order chi connectivity index (χ0) is 12.4. The van der Waals surface area contributed by atoms with Crippen molar-refractivity contribution in [2.45, 2.75) is 39.3 Å². The van der Waals surface area contributed by atoms with E-state index in [4.69, 9.17) is 0 Å². The fourth-order valence-corrected chi connectivity index (χ4v) is 2.40. The van der Waals surface area contributed by atoms with Crippen molar-refractivity contribution < 1.29 is 9.90 Å². The van der Waals surface area contributed by atoms with Crippen LogP contribution in [0, 0.1) is 6.92 Å². The number of hydrogen-bond acceptors (Lipinski definition) is 3. The molecule has 2 heterocycles. The summed E-state index contributed by atoms with van der Waals surface area (Å²) in [6.07, 6.45) is 1.86. The van der Waals surface area contributed by atoms with Crippen molar-refractivity contribution in [2.24, 2.45) is 0 Å². The van der Waals surface area contributed by atoms with E-state index >= 15 is 0 Å². The third kappa shape index (κ3) is 2.20. The van der Waals surface area contributed by atoms with Crippen LogP contribution in [-0.4, -0.2) is 44.9 Å². The highest BCUT2D eigenvalue weighted by Gasteiger charge is 2.30. The number of hydrogen-bond donors (Lipinski definition) is 1. The number of rotatable bonds is 3. The Morgan fingerprint density at radius 3 is 3.06 bits per heavy atom. The minimum atomic E-state index is -0.0250. The third-order valence-corrected chi connectivity index (χ3v) is 3.27. The zero-order valence-electron chi connectivity index (χ0n) is 10.4. The molecule has 17 heavy (non-hydrogen) atoms. The molecule has 1 aliphatic heterocycles. The number of aromatic nitrogens is 2. The quantitative estimate of drug-likeness (QED) is 0.846. The van der Waals surface area contributed by atoms with E-state index in [1.54, 1.807) is 9.58 Å². The molecule has 94 valence electrons. The van der Waals surface area contributed by atoms with Crippen LogP contribution in [0.2, 0.25) is 0 Å². The smallest absolute Gasteiger partial charge is 0.272 e. The monoisotopic (exact) mass is 237 g/mol. The van der Waals surface area contributed by atoms with Crippen LogP contribution in [0.15, 0.2) is 6.07 Å². The van der Waals surface area contributed by atoms with Gasteiger partial charge < -0.3 is 10.0 Å². The van der Waals surface area contributed by atoms with Crippen LogP contribution in [0.1, 0.15) is 35.9 Å². The van der Waals surface area contributed by atoms with Crippen LogP contribution in [-0.2, 0) is 6.54 Å². The van der Waals surface area contributed by atoms with Crippen LogP contribution in [0.25, 0.3) is 0 Å².